The van der Waals surface area contributed by atoms with E-state index in [1.807, 2.05) is 19.1 Å². The molecule has 2 aromatic heterocycles. The predicted octanol–water partition coefficient (Wildman–Crippen LogP) is 1.60. The SMILES string of the molecule is Cc1noc(-c2ccnc(NC3CCNCC3)c2)n1. The molecule has 0 spiro atoms. The van der Waals surface area contributed by atoms with Crippen LogP contribution < -0.4 is 10.6 Å². The first kappa shape index (κ1) is 12.1. The Kier molecular flexibility index (Phi) is 3.41. The summed E-state index contributed by atoms with van der Waals surface area (Å²) in [6.45, 7) is 3.92. The molecule has 0 atom stereocenters. The van der Waals surface area contributed by atoms with Gasteiger partial charge in [0.1, 0.15) is 5.82 Å². The second-order valence-electron chi connectivity index (χ2n) is 4.75. The zero-order valence-corrected chi connectivity index (χ0v) is 10.9. The first-order chi connectivity index (χ1) is 9.31. The first-order valence-electron chi connectivity index (χ1n) is 6.55. The van der Waals surface area contributed by atoms with E-state index in [1.165, 1.54) is 0 Å². The molecule has 6 nitrogen and oxygen atoms in total. The predicted molar refractivity (Wildman–Crippen MR) is 71.8 cm³/mol. The smallest absolute Gasteiger partial charge is 0.258 e. The number of nitrogens with one attached hydrogen (secondary N) is 2. The van der Waals surface area contributed by atoms with E-state index in [9.17, 15) is 0 Å². The largest absolute Gasteiger partial charge is 0.367 e. The van der Waals surface area contributed by atoms with Crippen molar-refractivity contribution in [1.82, 2.24) is 20.4 Å². The Labute approximate surface area is 111 Å². The summed E-state index contributed by atoms with van der Waals surface area (Å²) in [6, 6.07) is 4.31. The molecule has 0 unspecified atom stereocenters. The molecule has 0 saturated carbocycles. The lowest BCUT2D eigenvalue weighted by atomic mass is 10.1. The van der Waals surface area contributed by atoms with E-state index in [-0.39, 0.29) is 0 Å². The number of aryl methyl sites for hydroxylation is 1. The number of anilines is 1. The lowest BCUT2D eigenvalue weighted by Gasteiger charge is -2.24. The molecule has 0 radical (unpaired) electrons. The Morgan fingerprint density at radius 2 is 2.21 bits per heavy atom. The highest BCUT2D eigenvalue weighted by atomic mass is 16.5. The number of pyridine rings is 1. The van der Waals surface area contributed by atoms with Crippen molar-refractivity contribution in [2.24, 2.45) is 0 Å². The van der Waals surface area contributed by atoms with Crippen molar-refractivity contribution in [2.45, 2.75) is 25.8 Å². The molecule has 0 bridgehead atoms. The molecule has 6 heteroatoms. The van der Waals surface area contributed by atoms with Crippen LogP contribution in [-0.2, 0) is 0 Å². The number of nitrogens with zero attached hydrogens (tertiary/aromatic N) is 3. The van der Waals surface area contributed by atoms with Crippen LogP contribution in [0.4, 0.5) is 5.82 Å². The summed E-state index contributed by atoms with van der Waals surface area (Å²) in [6.07, 6.45) is 4.00. The molecule has 1 aliphatic rings. The van der Waals surface area contributed by atoms with Gasteiger partial charge < -0.3 is 15.2 Å². The molecule has 2 aromatic rings. The number of hydrogen-bond donors (Lipinski definition) is 2. The van der Waals surface area contributed by atoms with Crippen LogP contribution in [0.15, 0.2) is 22.9 Å². The zero-order chi connectivity index (χ0) is 13.1. The lowest BCUT2D eigenvalue weighted by molar-refractivity contribution is 0.425. The van der Waals surface area contributed by atoms with Gasteiger partial charge in [-0.3, -0.25) is 0 Å². The molecular weight excluding hydrogens is 242 g/mol. The van der Waals surface area contributed by atoms with Gasteiger partial charge in [-0.15, -0.1) is 0 Å². The molecule has 1 saturated heterocycles. The van der Waals surface area contributed by atoms with E-state index < -0.39 is 0 Å². The lowest BCUT2D eigenvalue weighted by Crippen LogP contribution is -2.35. The minimum Gasteiger partial charge on any atom is -0.367 e. The summed E-state index contributed by atoms with van der Waals surface area (Å²) in [5, 5.41) is 10.6. The summed E-state index contributed by atoms with van der Waals surface area (Å²) < 4.78 is 5.17. The number of hydrogen-bond acceptors (Lipinski definition) is 6. The summed E-state index contributed by atoms with van der Waals surface area (Å²) in [4.78, 5) is 8.57. The quantitative estimate of drug-likeness (QED) is 0.872. The van der Waals surface area contributed by atoms with E-state index in [2.05, 4.69) is 25.8 Å². The fourth-order valence-electron chi connectivity index (χ4n) is 2.23. The van der Waals surface area contributed by atoms with Crippen molar-refractivity contribution in [1.29, 1.82) is 0 Å². The molecule has 19 heavy (non-hydrogen) atoms. The van der Waals surface area contributed by atoms with Crippen LogP contribution in [0.3, 0.4) is 0 Å². The molecule has 1 fully saturated rings. The molecule has 100 valence electrons. The third-order valence-electron chi connectivity index (χ3n) is 3.23. The van der Waals surface area contributed by atoms with Crippen LogP contribution in [-0.4, -0.2) is 34.3 Å². The first-order valence-corrected chi connectivity index (χ1v) is 6.55. The van der Waals surface area contributed by atoms with Gasteiger partial charge in [-0.2, -0.15) is 4.98 Å². The van der Waals surface area contributed by atoms with E-state index >= 15 is 0 Å². The van der Waals surface area contributed by atoms with Gasteiger partial charge in [0.05, 0.1) is 0 Å². The van der Waals surface area contributed by atoms with Gasteiger partial charge in [0.15, 0.2) is 5.82 Å². The molecule has 2 N–H and O–H groups in total. The monoisotopic (exact) mass is 259 g/mol. The minimum absolute atomic E-state index is 0.480. The second kappa shape index (κ2) is 5.36. The molecule has 0 aromatic carbocycles. The standard InChI is InChI=1S/C13H17N5O/c1-9-16-13(19-18-9)10-2-7-15-12(8-10)17-11-3-5-14-6-4-11/h2,7-8,11,14H,3-6H2,1H3,(H,15,17). The van der Waals surface area contributed by atoms with Crippen LogP contribution in [0.25, 0.3) is 11.5 Å². The van der Waals surface area contributed by atoms with Gasteiger partial charge in [0.25, 0.3) is 5.89 Å². The summed E-state index contributed by atoms with van der Waals surface area (Å²) in [5.74, 6) is 2.04. The van der Waals surface area contributed by atoms with E-state index in [0.717, 1.165) is 37.3 Å². The normalized spacial score (nSPS) is 16.5. The van der Waals surface area contributed by atoms with Crippen molar-refractivity contribution in [2.75, 3.05) is 18.4 Å². The third-order valence-corrected chi connectivity index (χ3v) is 3.23. The van der Waals surface area contributed by atoms with Gasteiger partial charge >= 0.3 is 0 Å². The topological polar surface area (TPSA) is 75.9 Å². The minimum atomic E-state index is 0.480. The average Bonchev–Trinajstić information content (AvgIpc) is 2.87. The summed E-state index contributed by atoms with van der Waals surface area (Å²) in [5.41, 5.74) is 0.895. The van der Waals surface area contributed by atoms with Gasteiger partial charge in [-0.05, 0) is 45.0 Å². The van der Waals surface area contributed by atoms with Gasteiger partial charge in [-0.1, -0.05) is 5.16 Å². The van der Waals surface area contributed by atoms with E-state index in [1.54, 1.807) is 6.20 Å². The second-order valence-corrected chi connectivity index (χ2v) is 4.75. The Morgan fingerprint density at radius 3 is 2.95 bits per heavy atom. The molecule has 1 aliphatic heterocycles. The number of aromatic nitrogens is 3. The third kappa shape index (κ3) is 2.90. The fraction of sp³-hybridized carbons (Fsp3) is 0.462. The Morgan fingerprint density at radius 1 is 1.37 bits per heavy atom. The van der Waals surface area contributed by atoms with Crippen LogP contribution >= 0.6 is 0 Å². The van der Waals surface area contributed by atoms with Crippen molar-refractivity contribution < 1.29 is 4.52 Å². The number of rotatable bonds is 3. The van der Waals surface area contributed by atoms with Crippen molar-refractivity contribution in [3.05, 3.63) is 24.2 Å². The molecule has 3 heterocycles. The molecule has 0 aliphatic carbocycles. The Balaban J connectivity index is 1.75. The Hall–Kier alpha value is -1.95. The maximum absolute atomic E-state index is 5.17. The highest BCUT2D eigenvalue weighted by Gasteiger charge is 2.14. The van der Waals surface area contributed by atoms with Crippen LogP contribution in [0.1, 0.15) is 18.7 Å². The van der Waals surface area contributed by atoms with E-state index in [0.29, 0.717) is 17.8 Å². The van der Waals surface area contributed by atoms with Gasteiger partial charge in [0, 0.05) is 17.8 Å². The fourth-order valence-corrected chi connectivity index (χ4v) is 2.23. The van der Waals surface area contributed by atoms with Crippen molar-refractivity contribution in [3.8, 4) is 11.5 Å². The van der Waals surface area contributed by atoms with Crippen LogP contribution in [0, 0.1) is 6.92 Å². The van der Waals surface area contributed by atoms with Crippen LogP contribution in [0.2, 0.25) is 0 Å². The number of piperidine rings is 1. The van der Waals surface area contributed by atoms with Crippen molar-refractivity contribution in [3.63, 3.8) is 0 Å². The van der Waals surface area contributed by atoms with Crippen molar-refractivity contribution >= 4 is 5.82 Å². The maximum Gasteiger partial charge on any atom is 0.258 e. The van der Waals surface area contributed by atoms with Gasteiger partial charge in [0.2, 0.25) is 0 Å². The Bertz CT molecular complexity index is 547. The summed E-state index contributed by atoms with van der Waals surface area (Å²) in [7, 11) is 0. The molecule has 3 rings (SSSR count). The van der Waals surface area contributed by atoms with Gasteiger partial charge in [-0.25, -0.2) is 4.98 Å². The van der Waals surface area contributed by atoms with E-state index in [4.69, 9.17) is 4.52 Å². The molecular formula is C13H17N5O. The maximum atomic E-state index is 5.17. The highest BCUT2D eigenvalue weighted by molar-refractivity contribution is 5.58. The zero-order valence-electron chi connectivity index (χ0n) is 10.9. The summed E-state index contributed by atoms with van der Waals surface area (Å²) >= 11 is 0. The van der Waals surface area contributed by atoms with Crippen LogP contribution in [0.5, 0.6) is 0 Å². The highest BCUT2D eigenvalue weighted by Crippen LogP contribution is 2.20. The average molecular weight is 259 g/mol. The molecule has 0 amide bonds.